The standard InChI is InChI=1S/C19H20FN3OS/c1-22(2)7-8-23-12-14-9-13(3-6-19(14)25(23)24)17-11-21-18-10-15(20)4-5-16(17)18/h3-6,9-11,21H,7-8,12H2,1-2H3. The summed E-state index contributed by atoms with van der Waals surface area (Å²) in [6, 6.07) is 10.8. The van der Waals surface area contributed by atoms with Gasteiger partial charge in [-0.15, -0.1) is 0 Å². The van der Waals surface area contributed by atoms with Crippen molar-refractivity contribution in [3.8, 4) is 11.1 Å². The van der Waals surface area contributed by atoms with Crippen molar-refractivity contribution in [1.82, 2.24) is 14.2 Å². The number of nitrogens with one attached hydrogen (secondary N) is 1. The predicted molar refractivity (Wildman–Crippen MR) is 99.1 cm³/mol. The smallest absolute Gasteiger partial charge is 0.128 e. The van der Waals surface area contributed by atoms with E-state index in [2.05, 4.69) is 16.0 Å². The van der Waals surface area contributed by atoms with Crippen LogP contribution in [0.5, 0.6) is 0 Å². The Hall–Kier alpha value is -2.02. The summed E-state index contributed by atoms with van der Waals surface area (Å²) >= 11 is 0. The van der Waals surface area contributed by atoms with Crippen LogP contribution in [0.1, 0.15) is 5.56 Å². The minimum absolute atomic E-state index is 0.248. The number of likely N-dealkylation sites (N-methyl/N-ethyl adjacent to an activating group) is 1. The van der Waals surface area contributed by atoms with Gasteiger partial charge in [0, 0.05) is 42.3 Å². The monoisotopic (exact) mass is 357 g/mol. The predicted octanol–water partition coefficient (Wildman–Crippen LogP) is 3.37. The highest BCUT2D eigenvalue weighted by molar-refractivity contribution is 7.83. The first-order valence-corrected chi connectivity index (χ1v) is 9.35. The minimum Gasteiger partial charge on any atom is -0.360 e. The molecule has 0 fully saturated rings. The Kier molecular flexibility index (Phi) is 4.19. The zero-order valence-corrected chi connectivity index (χ0v) is 15.1. The Morgan fingerprint density at radius 3 is 2.88 bits per heavy atom. The maximum absolute atomic E-state index is 13.4. The first-order valence-electron chi connectivity index (χ1n) is 8.24. The van der Waals surface area contributed by atoms with Gasteiger partial charge in [-0.1, -0.05) is 6.07 Å². The van der Waals surface area contributed by atoms with Gasteiger partial charge in [0.05, 0.1) is 4.90 Å². The molecule has 1 aliphatic heterocycles. The van der Waals surface area contributed by atoms with Crippen LogP contribution in [-0.2, 0) is 17.5 Å². The van der Waals surface area contributed by atoms with Crippen LogP contribution in [-0.4, -0.2) is 45.6 Å². The molecule has 1 N–H and O–H groups in total. The van der Waals surface area contributed by atoms with Gasteiger partial charge in [0.1, 0.15) is 16.8 Å². The number of benzene rings is 2. The molecule has 0 aliphatic carbocycles. The molecule has 0 radical (unpaired) electrons. The number of fused-ring (bicyclic) bond motifs is 2. The molecule has 25 heavy (non-hydrogen) atoms. The maximum atomic E-state index is 13.4. The van der Waals surface area contributed by atoms with Crippen molar-refractivity contribution in [3.05, 3.63) is 54.0 Å². The van der Waals surface area contributed by atoms with E-state index in [9.17, 15) is 8.60 Å². The van der Waals surface area contributed by atoms with Crippen LogP contribution in [0.15, 0.2) is 47.5 Å². The number of aromatic nitrogens is 1. The SMILES string of the molecule is CN(C)CCN1Cc2cc(-c3c[nH]c4cc(F)ccc34)ccc2S1=O. The Morgan fingerprint density at radius 2 is 2.08 bits per heavy atom. The topological polar surface area (TPSA) is 39.3 Å². The molecule has 1 unspecified atom stereocenters. The lowest BCUT2D eigenvalue weighted by Gasteiger charge is -2.16. The summed E-state index contributed by atoms with van der Waals surface area (Å²) in [5.74, 6) is -0.248. The zero-order valence-electron chi connectivity index (χ0n) is 14.3. The van der Waals surface area contributed by atoms with Crippen LogP contribution < -0.4 is 0 Å². The van der Waals surface area contributed by atoms with Gasteiger partial charge < -0.3 is 9.88 Å². The van der Waals surface area contributed by atoms with Crippen molar-refractivity contribution < 1.29 is 8.60 Å². The van der Waals surface area contributed by atoms with E-state index in [1.165, 1.54) is 12.1 Å². The number of hydrogen-bond donors (Lipinski definition) is 1. The Bertz CT molecular complexity index is 966. The molecule has 6 heteroatoms. The molecule has 0 saturated heterocycles. The third-order valence-electron chi connectivity index (χ3n) is 4.58. The van der Waals surface area contributed by atoms with Gasteiger partial charge in [-0.3, -0.25) is 0 Å². The summed E-state index contributed by atoms with van der Waals surface area (Å²) in [7, 11) is 2.95. The van der Waals surface area contributed by atoms with Crippen molar-refractivity contribution in [2.75, 3.05) is 27.2 Å². The first-order chi connectivity index (χ1) is 12.0. The average Bonchev–Trinajstić information content (AvgIpc) is 3.13. The van der Waals surface area contributed by atoms with Crippen LogP contribution in [0.3, 0.4) is 0 Å². The van der Waals surface area contributed by atoms with E-state index < -0.39 is 11.0 Å². The van der Waals surface area contributed by atoms with Gasteiger partial charge in [-0.25, -0.2) is 12.9 Å². The quantitative estimate of drug-likeness (QED) is 0.778. The van der Waals surface area contributed by atoms with Crippen molar-refractivity contribution in [1.29, 1.82) is 0 Å². The molecule has 0 saturated carbocycles. The molecule has 3 aromatic rings. The lowest BCUT2D eigenvalue weighted by Crippen LogP contribution is -2.29. The number of halogens is 1. The molecule has 130 valence electrons. The van der Waals surface area contributed by atoms with Crippen LogP contribution >= 0.6 is 0 Å². The molecule has 1 aromatic heterocycles. The fourth-order valence-corrected chi connectivity index (χ4v) is 4.55. The normalized spacial score (nSPS) is 17.5. The largest absolute Gasteiger partial charge is 0.360 e. The summed E-state index contributed by atoms with van der Waals surface area (Å²) in [4.78, 5) is 6.12. The van der Waals surface area contributed by atoms with Crippen LogP contribution in [0.2, 0.25) is 0 Å². The molecule has 0 bridgehead atoms. The van der Waals surface area contributed by atoms with Gasteiger partial charge >= 0.3 is 0 Å². The lowest BCUT2D eigenvalue weighted by molar-refractivity contribution is 0.345. The van der Waals surface area contributed by atoms with Crippen LogP contribution in [0.4, 0.5) is 4.39 Å². The minimum atomic E-state index is -1.09. The molecular weight excluding hydrogens is 337 g/mol. The van der Waals surface area contributed by atoms with E-state index in [-0.39, 0.29) is 5.82 Å². The van der Waals surface area contributed by atoms with Crippen molar-refractivity contribution in [2.45, 2.75) is 11.4 Å². The summed E-state index contributed by atoms with van der Waals surface area (Å²) in [5, 5.41) is 0.991. The summed E-state index contributed by atoms with van der Waals surface area (Å²) in [6.45, 7) is 2.34. The van der Waals surface area contributed by atoms with E-state index in [1.807, 2.05) is 36.7 Å². The number of nitrogens with zero attached hydrogens (tertiary/aromatic N) is 2. The van der Waals surface area contributed by atoms with E-state index in [0.29, 0.717) is 6.54 Å². The van der Waals surface area contributed by atoms with Crippen molar-refractivity contribution in [2.24, 2.45) is 0 Å². The summed E-state index contributed by atoms with van der Waals surface area (Å²) in [5.41, 5.74) is 3.98. The fraction of sp³-hybridized carbons (Fsp3) is 0.263. The average molecular weight is 357 g/mol. The van der Waals surface area contributed by atoms with E-state index in [1.54, 1.807) is 6.07 Å². The van der Waals surface area contributed by atoms with Gasteiger partial charge in [0.2, 0.25) is 0 Å². The lowest BCUT2D eigenvalue weighted by atomic mass is 10.0. The molecule has 2 aromatic carbocycles. The first kappa shape index (κ1) is 16.4. The van der Waals surface area contributed by atoms with Gasteiger partial charge in [-0.2, -0.15) is 0 Å². The Balaban J connectivity index is 1.67. The van der Waals surface area contributed by atoms with E-state index in [0.717, 1.165) is 45.6 Å². The van der Waals surface area contributed by atoms with Gasteiger partial charge in [0.25, 0.3) is 0 Å². The van der Waals surface area contributed by atoms with Gasteiger partial charge in [-0.05, 0) is 55.6 Å². The second-order valence-electron chi connectivity index (χ2n) is 6.63. The highest BCUT2D eigenvalue weighted by Crippen LogP contribution is 2.34. The van der Waals surface area contributed by atoms with Crippen molar-refractivity contribution >= 4 is 21.9 Å². The number of H-pyrrole nitrogens is 1. The molecular formula is C19H20FN3OS. The number of aromatic amines is 1. The molecule has 0 spiro atoms. The molecule has 4 nitrogen and oxygen atoms in total. The Labute approximate surface area is 148 Å². The molecule has 1 atom stereocenters. The number of hydrogen-bond acceptors (Lipinski definition) is 2. The fourth-order valence-electron chi connectivity index (χ4n) is 3.24. The Morgan fingerprint density at radius 1 is 1.24 bits per heavy atom. The third kappa shape index (κ3) is 3.01. The highest BCUT2D eigenvalue weighted by atomic mass is 32.2. The maximum Gasteiger partial charge on any atom is 0.128 e. The molecule has 4 rings (SSSR count). The second-order valence-corrected chi connectivity index (χ2v) is 8.09. The highest BCUT2D eigenvalue weighted by Gasteiger charge is 2.27. The zero-order chi connectivity index (χ0) is 17.6. The molecule has 0 amide bonds. The third-order valence-corrected chi connectivity index (χ3v) is 6.14. The van der Waals surface area contributed by atoms with E-state index >= 15 is 0 Å². The van der Waals surface area contributed by atoms with Crippen LogP contribution in [0, 0.1) is 5.82 Å². The molecule has 1 aliphatic rings. The van der Waals surface area contributed by atoms with Gasteiger partial charge in [0.15, 0.2) is 0 Å². The van der Waals surface area contributed by atoms with Crippen molar-refractivity contribution in [3.63, 3.8) is 0 Å². The summed E-state index contributed by atoms with van der Waals surface area (Å²) in [6.07, 6.45) is 1.90. The molecule has 2 heterocycles. The van der Waals surface area contributed by atoms with E-state index in [4.69, 9.17) is 0 Å². The summed E-state index contributed by atoms with van der Waals surface area (Å²) < 4.78 is 28.0. The second kappa shape index (κ2) is 6.37. The number of rotatable bonds is 4. The van der Waals surface area contributed by atoms with Crippen LogP contribution in [0.25, 0.3) is 22.0 Å².